The number of nitrogens with zero attached hydrogens (tertiary/aromatic N) is 1. The lowest BCUT2D eigenvalue weighted by molar-refractivity contribution is -0.121. The van der Waals surface area contributed by atoms with Crippen LogP contribution in [0, 0.1) is 6.92 Å². The quantitative estimate of drug-likeness (QED) is 0.517. The third kappa shape index (κ3) is 6.17. The molecule has 0 aliphatic carbocycles. The topological polar surface area (TPSA) is 78.5 Å². The highest BCUT2D eigenvalue weighted by molar-refractivity contribution is 7.89. The van der Waals surface area contributed by atoms with Crippen LogP contribution in [0.1, 0.15) is 17.5 Å². The summed E-state index contributed by atoms with van der Waals surface area (Å²) >= 11 is 0. The number of sulfonamides is 1. The molecule has 0 saturated heterocycles. The first kappa shape index (κ1) is 21.5. The van der Waals surface area contributed by atoms with Gasteiger partial charge < -0.3 is 0 Å². The van der Waals surface area contributed by atoms with Crippen LogP contribution in [-0.2, 0) is 21.4 Å². The summed E-state index contributed by atoms with van der Waals surface area (Å²) < 4.78 is 27.2. The number of anilines is 1. The lowest BCUT2D eigenvalue weighted by atomic mass is 10.2. The number of para-hydroxylation sites is 1. The average molecular weight is 424 g/mol. The van der Waals surface area contributed by atoms with E-state index in [0.717, 1.165) is 16.8 Å². The van der Waals surface area contributed by atoms with Crippen molar-refractivity contribution in [1.29, 1.82) is 0 Å². The molecule has 156 valence electrons. The SMILES string of the molecule is Cc1ccc(S(=O)(=O)NCCC(=O)NN(Cc2ccccc2)c2ccccc2)cc1. The molecule has 0 radical (unpaired) electrons. The second-order valence-corrected chi connectivity index (χ2v) is 8.67. The third-order valence-corrected chi connectivity index (χ3v) is 5.96. The van der Waals surface area contributed by atoms with E-state index in [1.54, 1.807) is 29.3 Å². The molecule has 0 atom stereocenters. The monoisotopic (exact) mass is 423 g/mol. The maximum absolute atomic E-state index is 12.5. The number of nitrogens with one attached hydrogen (secondary N) is 2. The Balaban J connectivity index is 1.59. The van der Waals surface area contributed by atoms with Gasteiger partial charge in [-0.25, -0.2) is 13.1 Å². The summed E-state index contributed by atoms with van der Waals surface area (Å²) in [6.45, 7) is 2.39. The van der Waals surface area contributed by atoms with E-state index in [1.165, 1.54) is 0 Å². The van der Waals surface area contributed by atoms with E-state index in [0.29, 0.717) is 6.54 Å². The molecule has 1 amide bonds. The lowest BCUT2D eigenvalue weighted by Gasteiger charge is -2.25. The molecule has 30 heavy (non-hydrogen) atoms. The predicted octanol–water partition coefficient (Wildman–Crippen LogP) is 3.40. The molecule has 3 aromatic rings. The van der Waals surface area contributed by atoms with Gasteiger partial charge >= 0.3 is 0 Å². The number of carbonyl (C=O) groups is 1. The van der Waals surface area contributed by atoms with Gasteiger partial charge in [0.1, 0.15) is 0 Å². The number of hydrogen-bond acceptors (Lipinski definition) is 4. The van der Waals surface area contributed by atoms with E-state index in [-0.39, 0.29) is 23.8 Å². The maximum atomic E-state index is 12.5. The van der Waals surface area contributed by atoms with E-state index in [2.05, 4.69) is 10.1 Å². The van der Waals surface area contributed by atoms with Crippen molar-refractivity contribution < 1.29 is 13.2 Å². The molecular formula is C23H25N3O3S. The minimum Gasteiger partial charge on any atom is -0.281 e. The van der Waals surface area contributed by atoms with E-state index in [4.69, 9.17) is 0 Å². The van der Waals surface area contributed by atoms with Crippen molar-refractivity contribution >= 4 is 21.6 Å². The molecule has 2 N–H and O–H groups in total. The van der Waals surface area contributed by atoms with Crippen LogP contribution in [0.15, 0.2) is 89.8 Å². The number of hydrazine groups is 1. The summed E-state index contributed by atoms with van der Waals surface area (Å²) in [5.41, 5.74) is 5.74. The van der Waals surface area contributed by atoms with Crippen molar-refractivity contribution in [2.24, 2.45) is 0 Å². The van der Waals surface area contributed by atoms with Gasteiger partial charge in [-0.1, -0.05) is 66.2 Å². The highest BCUT2D eigenvalue weighted by Crippen LogP contribution is 2.15. The van der Waals surface area contributed by atoms with Gasteiger partial charge in [0.25, 0.3) is 0 Å². The van der Waals surface area contributed by atoms with Crippen LogP contribution in [0.3, 0.4) is 0 Å². The van der Waals surface area contributed by atoms with Crippen LogP contribution in [0.4, 0.5) is 5.69 Å². The van der Waals surface area contributed by atoms with Crippen LogP contribution in [0.2, 0.25) is 0 Å². The second kappa shape index (κ2) is 10.0. The van der Waals surface area contributed by atoms with Crippen molar-refractivity contribution in [3.05, 3.63) is 96.1 Å². The molecule has 0 fully saturated rings. The van der Waals surface area contributed by atoms with Crippen LogP contribution in [-0.4, -0.2) is 20.9 Å². The van der Waals surface area contributed by atoms with Gasteiger partial charge in [0.05, 0.1) is 17.1 Å². The summed E-state index contributed by atoms with van der Waals surface area (Å²) in [4.78, 5) is 12.7. The summed E-state index contributed by atoms with van der Waals surface area (Å²) in [6.07, 6.45) is 0.0171. The van der Waals surface area contributed by atoms with Crippen molar-refractivity contribution in [1.82, 2.24) is 10.1 Å². The van der Waals surface area contributed by atoms with Gasteiger partial charge in [-0.2, -0.15) is 0 Å². The maximum Gasteiger partial charge on any atom is 0.240 e. The first-order valence-electron chi connectivity index (χ1n) is 9.66. The molecule has 3 aromatic carbocycles. The highest BCUT2D eigenvalue weighted by Gasteiger charge is 2.15. The molecule has 0 spiro atoms. The normalized spacial score (nSPS) is 11.1. The molecule has 0 aliphatic heterocycles. The predicted molar refractivity (Wildman–Crippen MR) is 118 cm³/mol. The number of rotatable bonds is 9. The molecular weight excluding hydrogens is 398 g/mol. The number of benzene rings is 3. The number of amides is 1. The van der Waals surface area contributed by atoms with Gasteiger partial charge in [-0.3, -0.25) is 15.2 Å². The van der Waals surface area contributed by atoms with Gasteiger partial charge in [0, 0.05) is 13.0 Å². The minimum atomic E-state index is -3.65. The van der Waals surface area contributed by atoms with Crippen LogP contribution in [0.5, 0.6) is 0 Å². The molecule has 0 bridgehead atoms. The molecule has 0 heterocycles. The Morgan fingerprint density at radius 2 is 1.47 bits per heavy atom. The largest absolute Gasteiger partial charge is 0.281 e. The summed E-state index contributed by atoms with van der Waals surface area (Å²) in [7, 11) is -3.65. The van der Waals surface area contributed by atoms with Gasteiger partial charge in [-0.05, 0) is 36.8 Å². The average Bonchev–Trinajstić information content (AvgIpc) is 2.75. The number of carbonyl (C=O) groups excluding carboxylic acids is 1. The van der Waals surface area contributed by atoms with Crippen LogP contribution < -0.4 is 15.2 Å². The Labute approximate surface area is 177 Å². The molecule has 7 heteroatoms. The van der Waals surface area contributed by atoms with Gasteiger partial charge in [0.15, 0.2) is 0 Å². The molecule has 6 nitrogen and oxygen atoms in total. The Bertz CT molecular complexity index is 1050. The highest BCUT2D eigenvalue weighted by atomic mass is 32.2. The zero-order chi connectivity index (χ0) is 21.4. The zero-order valence-corrected chi connectivity index (χ0v) is 17.6. The minimum absolute atomic E-state index is 0.00993. The lowest BCUT2D eigenvalue weighted by Crippen LogP contribution is -2.43. The number of hydrogen-bond donors (Lipinski definition) is 2. The Morgan fingerprint density at radius 3 is 2.10 bits per heavy atom. The fourth-order valence-electron chi connectivity index (χ4n) is 2.88. The van der Waals surface area contributed by atoms with Gasteiger partial charge in [-0.15, -0.1) is 0 Å². The number of aryl methyl sites for hydroxylation is 1. The molecule has 0 saturated carbocycles. The van der Waals surface area contributed by atoms with Crippen LogP contribution >= 0.6 is 0 Å². The Morgan fingerprint density at radius 1 is 0.867 bits per heavy atom. The van der Waals surface area contributed by atoms with Crippen molar-refractivity contribution in [2.45, 2.75) is 24.8 Å². The smallest absolute Gasteiger partial charge is 0.240 e. The first-order valence-corrected chi connectivity index (χ1v) is 11.1. The molecule has 0 unspecified atom stereocenters. The molecule has 0 aliphatic rings. The molecule has 3 rings (SSSR count). The fourth-order valence-corrected chi connectivity index (χ4v) is 3.91. The third-order valence-electron chi connectivity index (χ3n) is 4.49. The summed E-state index contributed by atoms with van der Waals surface area (Å²) in [5.74, 6) is -0.276. The van der Waals surface area contributed by atoms with Crippen molar-refractivity contribution in [3.63, 3.8) is 0 Å². The summed E-state index contributed by atoms with van der Waals surface area (Å²) in [5, 5.41) is 1.76. The molecule has 0 aromatic heterocycles. The first-order chi connectivity index (χ1) is 14.4. The standard InChI is InChI=1S/C23H25N3O3S/c1-19-12-14-22(15-13-19)30(28,29)24-17-16-23(27)25-26(21-10-6-3-7-11-21)18-20-8-4-2-5-9-20/h2-15,24H,16-18H2,1H3,(H,25,27). The zero-order valence-electron chi connectivity index (χ0n) is 16.8. The van der Waals surface area contributed by atoms with E-state index in [9.17, 15) is 13.2 Å². The van der Waals surface area contributed by atoms with E-state index in [1.807, 2.05) is 67.6 Å². The second-order valence-electron chi connectivity index (χ2n) is 6.90. The van der Waals surface area contributed by atoms with E-state index < -0.39 is 10.0 Å². The van der Waals surface area contributed by atoms with Crippen molar-refractivity contribution in [2.75, 3.05) is 11.6 Å². The van der Waals surface area contributed by atoms with Crippen molar-refractivity contribution in [3.8, 4) is 0 Å². The fraction of sp³-hybridized carbons (Fsp3) is 0.174. The van der Waals surface area contributed by atoms with Crippen LogP contribution in [0.25, 0.3) is 0 Å². The van der Waals surface area contributed by atoms with Gasteiger partial charge in [0.2, 0.25) is 15.9 Å². The Hall–Kier alpha value is -3.16. The summed E-state index contributed by atoms with van der Waals surface area (Å²) in [6, 6.07) is 25.9. The Kier molecular flexibility index (Phi) is 7.21. The van der Waals surface area contributed by atoms with E-state index >= 15 is 0 Å².